The highest BCUT2D eigenvalue weighted by atomic mass is 16.5. The monoisotopic (exact) mass is 388 g/mol. The van der Waals surface area contributed by atoms with Crippen LogP contribution in [0.2, 0.25) is 0 Å². The first kappa shape index (κ1) is 19.0. The van der Waals surface area contributed by atoms with E-state index in [0.717, 1.165) is 35.5 Å². The summed E-state index contributed by atoms with van der Waals surface area (Å²) in [6.07, 6.45) is 5.35. The number of rotatable bonds is 7. The molecule has 0 aliphatic heterocycles. The van der Waals surface area contributed by atoms with E-state index in [4.69, 9.17) is 4.52 Å². The highest BCUT2D eigenvalue weighted by molar-refractivity contribution is 5.77. The zero-order chi connectivity index (χ0) is 20.2. The van der Waals surface area contributed by atoms with E-state index in [2.05, 4.69) is 51.5 Å². The fourth-order valence-electron chi connectivity index (χ4n) is 3.27. The summed E-state index contributed by atoms with van der Waals surface area (Å²) in [6, 6.07) is 12.1. The highest BCUT2D eigenvalue weighted by Crippen LogP contribution is 2.32. The second-order valence-corrected chi connectivity index (χ2v) is 7.37. The number of pyridine rings is 1. The van der Waals surface area contributed by atoms with Crippen LogP contribution < -0.4 is 5.32 Å². The average Bonchev–Trinajstić information content (AvgIpc) is 3.36. The minimum Gasteiger partial charge on any atom is -0.333 e. The van der Waals surface area contributed by atoms with Crippen molar-refractivity contribution >= 4 is 0 Å². The molecule has 7 nitrogen and oxygen atoms in total. The van der Waals surface area contributed by atoms with Crippen molar-refractivity contribution in [2.24, 2.45) is 5.92 Å². The maximum Gasteiger partial charge on any atom is 0.262 e. The summed E-state index contributed by atoms with van der Waals surface area (Å²) in [7, 11) is 1.93. The van der Waals surface area contributed by atoms with E-state index in [-0.39, 0.29) is 0 Å². The topological polar surface area (TPSA) is 81.7 Å². The molecule has 29 heavy (non-hydrogen) atoms. The molecule has 0 atom stereocenters. The molecule has 0 saturated carbocycles. The van der Waals surface area contributed by atoms with Crippen molar-refractivity contribution in [1.82, 2.24) is 30.2 Å². The van der Waals surface area contributed by atoms with Gasteiger partial charge in [0.2, 0.25) is 5.82 Å². The van der Waals surface area contributed by atoms with E-state index >= 15 is 0 Å². The van der Waals surface area contributed by atoms with Crippen molar-refractivity contribution in [2.75, 3.05) is 7.05 Å². The molecule has 0 radical (unpaired) electrons. The van der Waals surface area contributed by atoms with Crippen LogP contribution in [0.1, 0.15) is 19.4 Å². The largest absolute Gasteiger partial charge is 0.333 e. The predicted molar refractivity (Wildman–Crippen MR) is 112 cm³/mol. The smallest absolute Gasteiger partial charge is 0.262 e. The molecule has 3 heterocycles. The van der Waals surface area contributed by atoms with Gasteiger partial charge in [-0.1, -0.05) is 43.3 Å². The lowest BCUT2D eigenvalue weighted by atomic mass is 10.1. The van der Waals surface area contributed by atoms with Gasteiger partial charge >= 0.3 is 0 Å². The zero-order valence-corrected chi connectivity index (χ0v) is 16.8. The maximum absolute atomic E-state index is 5.62. The Morgan fingerprint density at radius 3 is 2.48 bits per heavy atom. The lowest BCUT2D eigenvalue weighted by Gasteiger charge is -2.10. The Bertz CT molecular complexity index is 1070. The lowest BCUT2D eigenvalue weighted by Crippen LogP contribution is -2.07. The first-order chi connectivity index (χ1) is 14.2. The Hall–Kier alpha value is -3.32. The van der Waals surface area contributed by atoms with Gasteiger partial charge in [0, 0.05) is 36.6 Å². The van der Waals surface area contributed by atoms with Gasteiger partial charge < -0.3 is 9.84 Å². The molecule has 1 N–H and O–H groups in total. The molecular weight excluding hydrogens is 364 g/mol. The molecule has 3 aromatic heterocycles. The second kappa shape index (κ2) is 8.36. The van der Waals surface area contributed by atoms with Gasteiger partial charge in [0.15, 0.2) is 0 Å². The predicted octanol–water partition coefficient (Wildman–Crippen LogP) is 4.04. The van der Waals surface area contributed by atoms with Gasteiger partial charge in [-0.05, 0) is 30.7 Å². The third-order valence-corrected chi connectivity index (χ3v) is 4.58. The first-order valence-electron chi connectivity index (χ1n) is 9.70. The van der Waals surface area contributed by atoms with Gasteiger partial charge in [-0.15, -0.1) is 0 Å². The van der Waals surface area contributed by atoms with E-state index in [1.165, 1.54) is 5.56 Å². The quantitative estimate of drug-likeness (QED) is 0.515. The number of nitrogens with zero attached hydrogens (tertiary/aromatic N) is 5. The van der Waals surface area contributed by atoms with Crippen molar-refractivity contribution < 1.29 is 4.52 Å². The van der Waals surface area contributed by atoms with Crippen molar-refractivity contribution in [3.05, 3.63) is 60.6 Å². The van der Waals surface area contributed by atoms with Crippen LogP contribution in [-0.2, 0) is 13.1 Å². The van der Waals surface area contributed by atoms with Crippen LogP contribution in [-0.4, -0.2) is 32.0 Å². The van der Waals surface area contributed by atoms with Gasteiger partial charge in [0.1, 0.15) is 0 Å². The van der Waals surface area contributed by atoms with Crippen LogP contribution in [0.3, 0.4) is 0 Å². The van der Waals surface area contributed by atoms with Crippen molar-refractivity contribution in [3.63, 3.8) is 0 Å². The van der Waals surface area contributed by atoms with E-state index in [9.17, 15) is 0 Å². The molecule has 7 heteroatoms. The zero-order valence-electron chi connectivity index (χ0n) is 16.8. The Kier molecular flexibility index (Phi) is 5.48. The molecular formula is C22H24N6O. The third kappa shape index (κ3) is 4.09. The average molecular weight is 388 g/mol. The minimum atomic E-state index is 0.456. The lowest BCUT2D eigenvalue weighted by molar-refractivity contribution is 0.432. The van der Waals surface area contributed by atoms with Crippen LogP contribution in [0.4, 0.5) is 0 Å². The maximum atomic E-state index is 5.62. The molecule has 0 saturated heterocycles. The molecule has 4 rings (SSSR count). The first-order valence-corrected chi connectivity index (χ1v) is 9.70. The molecule has 1 aromatic carbocycles. The Balaban J connectivity index is 1.71. The number of nitrogens with one attached hydrogen (secondary N) is 1. The van der Waals surface area contributed by atoms with Gasteiger partial charge in [-0.2, -0.15) is 10.1 Å². The fraction of sp³-hybridized carbons (Fsp3) is 0.273. The standard InChI is InChI=1S/C22H24N6O/c1-15(2)14-28-20(17-8-10-24-11-9-17)19(13-25-28)22-26-21(27-29-22)18-6-4-16(5-7-18)12-23-3/h4-11,13,15,23H,12,14H2,1-3H3. The Morgan fingerprint density at radius 1 is 1.03 bits per heavy atom. The molecule has 0 spiro atoms. The molecule has 0 bridgehead atoms. The molecule has 148 valence electrons. The van der Waals surface area contributed by atoms with Gasteiger partial charge in [-0.3, -0.25) is 9.67 Å². The summed E-state index contributed by atoms with van der Waals surface area (Å²) in [5.74, 6) is 1.48. The molecule has 0 fully saturated rings. The van der Waals surface area contributed by atoms with Crippen molar-refractivity contribution in [2.45, 2.75) is 26.9 Å². The number of hydrogen-bond donors (Lipinski definition) is 1. The van der Waals surface area contributed by atoms with Crippen molar-refractivity contribution in [3.8, 4) is 34.1 Å². The van der Waals surface area contributed by atoms with Crippen molar-refractivity contribution in [1.29, 1.82) is 0 Å². The third-order valence-electron chi connectivity index (χ3n) is 4.58. The van der Waals surface area contributed by atoms with Gasteiger partial charge in [0.05, 0.1) is 17.5 Å². The van der Waals surface area contributed by atoms with E-state index in [1.807, 2.05) is 36.0 Å². The molecule has 4 aromatic rings. The van der Waals surface area contributed by atoms with Gasteiger partial charge in [0.25, 0.3) is 5.89 Å². The van der Waals surface area contributed by atoms with Crippen LogP contribution in [0, 0.1) is 5.92 Å². The summed E-state index contributed by atoms with van der Waals surface area (Å²) in [5.41, 5.74) is 4.92. The van der Waals surface area contributed by atoms with Gasteiger partial charge in [-0.25, -0.2) is 0 Å². The highest BCUT2D eigenvalue weighted by Gasteiger charge is 2.20. The number of aromatic nitrogens is 5. The Morgan fingerprint density at radius 2 is 1.79 bits per heavy atom. The van der Waals surface area contributed by atoms with Crippen LogP contribution in [0.15, 0.2) is 59.5 Å². The summed E-state index contributed by atoms with van der Waals surface area (Å²) in [6.45, 7) is 5.95. The normalized spacial score (nSPS) is 11.3. The summed E-state index contributed by atoms with van der Waals surface area (Å²) >= 11 is 0. The molecule has 0 aliphatic rings. The Labute approximate surface area is 169 Å². The number of benzene rings is 1. The summed E-state index contributed by atoms with van der Waals surface area (Å²) < 4.78 is 7.61. The van der Waals surface area contributed by atoms with Crippen LogP contribution in [0.25, 0.3) is 34.1 Å². The van der Waals surface area contributed by atoms with E-state index in [0.29, 0.717) is 17.6 Å². The molecule has 0 amide bonds. The fourth-order valence-corrected chi connectivity index (χ4v) is 3.27. The summed E-state index contributed by atoms with van der Waals surface area (Å²) in [5, 5.41) is 11.9. The van der Waals surface area contributed by atoms with E-state index in [1.54, 1.807) is 18.6 Å². The summed E-state index contributed by atoms with van der Waals surface area (Å²) in [4.78, 5) is 8.77. The molecule has 0 aliphatic carbocycles. The second-order valence-electron chi connectivity index (χ2n) is 7.37. The van der Waals surface area contributed by atoms with E-state index < -0.39 is 0 Å². The van der Waals surface area contributed by atoms with Crippen LogP contribution >= 0.6 is 0 Å². The minimum absolute atomic E-state index is 0.456. The SMILES string of the molecule is CNCc1ccc(-c2noc(-c3cnn(CC(C)C)c3-c3ccncc3)n2)cc1. The van der Waals surface area contributed by atoms with Crippen LogP contribution in [0.5, 0.6) is 0 Å². The number of hydrogen-bond acceptors (Lipinski definition) is 6. The molecule has 0 unspecified atom stereocenters.